The molecule has 0 aliphatic rings. The molecule has 0 atom stereocenters. The first-order valence-corrected chi connectivity index (χ1v) is 3.56. The molecule has 0 aliphatic carbocycles. The van der Waals surface area contributed by atoms with Crippen molar-refractivity contribution in [3.63, 3.8) is 0 Å². The maximum absolute atomic E-state index is 2.27. The summed E-state index contributed by atoms with van der Waals surface area (Å²) in [5.41, 5.74) is 0. The SMILES string of the molecule is CC[B][B]CCCC. The van der Waals surface area contributed by atoms with Gasteiger partial charge >= 0.3 is 0 Å². The molecule has 0 N–H and O–H groups in total. The molecule has 0 bridgehead atoms. The molecule has 8 heavy (non-hydrogen) atoms. The molecule has 0 amide bonds. The van der Waals surface area contributed by atoms with Crippen LogP contribution in [0.4, 0.5) is 0 Å². The lowest BCUT2D eigenvalue weighted by Gasteiger charge is -1.90. The highest BCUT2D eigenvalue weighted by atomic mass is 13.7. The second-order valence-corrected chi connectivity index (χ2v) is 2.02. The van der Waals surface area contributed by atoms with Gasteiger partial charge in [-0.15, -0.1) is 0 Å². The van der Waals surface area contributed by atoms with Crippen molar-refractivity contribution in [3.8, 4) is 0 Å². The molecular formula is C6H14B2. The zero-order valence-corrected chi connectivity index (χ0v) is 5.98. The maximum Gasteiger partial charge on any atom is 0.0652 e. The third-order valence-corrected chi connectivity index (χ3v) is 1.13. The quantitative estimate of drug-likeness (QED) is 0.373. The molecule has 0 saturated heterocycles. The summed E-state index contributed by atoms with van der Waals surface area (Å²) in [7, 11) is 4.50. The minimum absolute atomic E-state index is 1.18. The lowest BCUT2D eigenvalue weighted by atomic mass is 9.36. The van der Waals surface area contributed by atoms with E-state index in [9.17, 15) is 0 Å². The third kappa shape index (κ3) is 6.13. The highest BCUT2D eigenvalue weighted by Gasteiger charge is 1.87. The van der Waals surface area contributed by atoms with E-state index in [-0.39, 0.29) is 0 Å². The smallest absolute Gasteiger partial charge is 0.0652 e. The second-order valence-electron chi connectivity index (χ2n) is 2.02. The fraction of sp³-hybridized carbons (Fsp3) is 1.00. The van der Waals surface area contributed by atoms with Gasteiger partial charge in [-0.1, -0.05) is 39.3 Å². The Bertz CT molecular complexity index is 31.5. The Morgan fingerprint density at radius 1 is 1.12 bits per heavy atom. The predicted octanol–water partition coefficient (Wildman–Crippen LogP) is 1.97. The van der Waals surface area contributed by atoms with Crippen LogP contribution in [0.1, 0.15) is 26.7 Å². The van der Waals surface area contributed by atoms with Gasteiger partial charge in [0.1, 0.15) is 0 Å². The molecule has 0 aliphatic heterocycles. The second kappa shape index (κ2) is 7.13. The Labute approximate surface area is 54.5 Å². The van der Waals surface area contributed by atoms with E-state index < -0.39 is 0 Å². The normalized spacial score (nSPS) is 8.75. The Kier molecular flexibility index (Phi) is 7.25. The number of unbranched alkanes of at least 4 members (excludes halogenated alkanes) is 1. The summed E-state index contributed by atoms with van der Waals surface area (Å²) in [5.74, 6) is 0. The van der Waals surface area contributed by atoms with Gasteiger partial charge in [0.2, 0.25) is 0 Å². The average molecular weight is 108 g/mol. The fourth-order valence-electron chi connectivity index (χ4n) is 0.606. The van der Waals surface area contributed by atoms with E-state index in [1.54, 1.807) is 0 Å². The third-order valence-electron chi connectivity index (χ3n) is 1.13. The molecule has 0 fully saturated rings. The van der Waals surface area contributed by atoms with E-state index in [1.165, 1.54) is 25.5 Å². The largest absolute Gasteiger partial charge is 0.0915 e. The van der Waals surface area contributed by atoms with Gasteiger partial charge in [0.15, 0.2) is 0 Å². The van der Waals surface area contributed by atoms with E-state index in [1.807, 2.05) is 0 Å². The van der Waals surface area contributed by atoms with Crippen molar-refractivity contribution < 1.29 is 0 Å². The highest BCUT2D eigenvalue weighted by Crippen LogP contribution is 1.92. The molecule has 0 aromatic heterocycles. The molecular weight excluding hydrogens is 93.7 g/mol. The van der Waals surface area contributed by atoms with Gasteiger partial charge in [0, 0.05) is 0 Å². The molecule has 0 spiro atoms. The van der Waals surface area contributed by atoms with E-state index in [4.69, 9.17) is 0 Å². The molecule has 2 radical (unpaired) electrons. The van der Waals surface area contributed by atoms with Gasteiger partial charge in [0.05, 0.1) is 14.3 Å². The van der Waals surface area contributed by atoms with Crippen molar-refractivity contribution in [1.82, 2.24) is 0 Å². The van der Waals surface area contributed by atoms with Crippen LogP contribution in [0.5, 0.6) is 0 Å². The Morgan fingerprint density at radius 2 is 1.88 bits per heavy atom. The van der Waals surface area contributed by atoms with Crippen molar-refractivity contribution in [2.75, 3.05) is 0 Å². The van der Waals surface area contributed by atoms with Crippen LogP contribution in [-0.4, -0.2) is 14.3 Å². The fourth-order valence-corrected chi connectivity index (χ4v) is 0.606. The van der Waals surface area contributed by atoms with Crippen LogP contribution in [0.15, 0.2) is 0 Å². The summed E-state index contributed by atoms with van der Waals surface area (Å²) in [6.45, 7) is 4.39. The summed E-state index contributed by atoms with van der Waals surface area (Å²) in [5, 5.41) is 0. The van der Waals surface area contributed by atoms with Crippen LogP contribution in [0.2, 0.25) is 12.6 Å². The predicted molar refractivity (Wildman–Crippen MR) is 41.7 cm³/mol. The summed E-state index contributed by atoms with van der Waals surface area (Å²) in [4.78, 5) is 0. The summed E-state index contributed by atoms with van der Waals surface area (Å²) in [6.07, 6.45) is 5.11. The molecule has 44 valence electrons. The molecule has 0 saturated carbocycles. The van der Waals surface area contributed by atoms with E-state index in [2.05, 4.69) is 28.2 Å². The van der Waals surface area contributed by atoms with Gasteiger partial charge in [-0.3, -0.25) is 0 Å². The first kappa shape index (κ1) is 8.13. The van der Waals surface area contributed by atoms with Crippen LogP contribution >= 0.6 is 0 Å². The summed E-state index contributed by atoms with van der Waals surface area (Å²) < 4.78 is 0. The van der Waals surface area contributed by atoms with Crippen molar-refractivity contribution in [3.05, 3.63) is 0 Å². The lowest BCUT2D eigenvalue weighted by molar-refractivity contribution is 0.882. The number of hydrogen-bond acceptors (Lipinski definition) is 0. The van der Waals surface area contributed by atoms with Gasteiger partial charge in [-0.25, -0.2) is 0 Å². The monoisotopic (exact) mass is 108 g/mol. The molecule has 0 nitrogen and oxygen atoms in total. The topological polar surface area (TPSA) is 0 Å². The van der Waals surface area contributed by atoms with Gasteiger partial charge in [0.25, 0.3) is 0 Å². The lowest BCUT2D eigenvalue weighted by Crippen LogP contribution is -1.99. The van der Waals surface area contributed by atoms with Crippen LogP contribution in [0, 0.1) is 0 Å². The van der Waals surface area contributed by atoms with Crippen LogP contribution < -0.4 is 0 Å². The van der Waals surface area contributed by atoms with Crippen molar-refractivity contribution in [2.24, 2.45) is 0 Å². The Balaban J connectivity index is 2.53. The van der Waals surface area contributed by atoms with Crippen LogP contribution in [0.3, 0.4) is 0 Å². The van der Waals surface area contributed by atoms with Crippen molar-refractivity contribution in [2.45, 2.75) is 39.3 Å². The zero-order chi connectivity index (χ0) is 6.24. The molecule has 0 unspecified atom stereocenters. The first-order chi connectivity index (χ1) is 3.91. The van der Waals surface area contributed by atoms with Crippen LogP contribution in [0.25, 0.3) is 0 Å². The van der Waals surface area contributed by atoms with Crippen molar-refractivity contribution in [1.29, 1.82) is 0 Å². The summed E-state index contributed by atoms with van der Waals surface area (Å²) >= 11 is 0. The first-order valence-electron chi connectivity index (χ1n) is 3.56. The molecule has 0 rings (SSSR count). The maximum atomic E-state index is 2.27. The van der Waals surface area contributed by atoms with Gasteiger partial charge < -0.3 is 0 Å². The number of hydrogen-bond donors (Lipinski definition) is 0. The highest BCUT2D eigenvalue weighted by molar-refractivity contribution is 7.00. The zero-order valence-electron chi connectivity index (χ0n) is 5.98. The molecule has 2 heteroatoms. The van der Waals surface area contributed by atoms with E-state index in [0.717, 1.165) is 0 Å². The summed E-state index contributed by atoms with van der Waals surface area (Å²) in [6, 6.07) is 0. The standard InChI is InChI=1S/C6H14B2/c1-3-5-6-8-7-4-2/h3-6H2,1-2H3. The minimum Gasteiger partial charge on any atom is -0.0915 e. The van der Waals surface area contributed by atoms with E-state index >= 15 is 0 Å². The minimum atomic E-state index is 1.18. The Hall–Kier alpha value is 0.130. The molecule has 0 heterocycles. The Morgan fingerprint density at radius 3 is 2.38 bits per heavy atom. The molecule has 0 aromatic carbocycles. The van der Waals surface area contributed by atoms with Gasteiger partial charge in [-0.2, -0.15) is 0 Å². The average Bonchev–Trinajstić information content (AvgIpc) is 1.81. The number of rotatable bonds is 5. The van der Waals surface area contributed by atoms with Crippen LogP contribution in [-0.2, 0) is 0 Å². The van der Waals surface area contributed by atoms with E-state index in [0.29, 0.717) is 0 Å². The van der Waals surface area contributed by atoms with Gasteiger partial charge in [-0.05, 0) is 0 Å². The molecule has 0 aromatic rings. The van der Waals surface area contributed by atoms with Crippen molar-refractivity contribution >= 4 is 14.3 Å².